The Kier molecular flexibility index (Phi) is 4.47. The van der Waals surface area contributed by atoms with Gasteiger partial charge in [0.1, 0.15) is 23.9 Å². The van der Waals surface area contributed by atoms with Crippen molar-refractivity contribution in [2.75, 3.05) is 6.61 Å². The van der Waals surface area contributed by atoms with Crippen LogP contribution >= 0.6 is 0 Å². The number of oxazole rings is 1. The van der Waals surface area contributed by atoms with Crippen LogP contribution in [0.2, 0.25) is 0 Å². The minimum Gasteiger partial charge on any atom is -0.467 e. The Balaban J connectivity index is 2.07. The third-order valence-corrected chi connectivity index (χ3v) is 3.57. The lowest BCUT2D eigenvalue weighted by atomic mass is 9.94. The Hall–Kier alpha value is -2.95. The van der Waals surface area contributed by atoms with E-state index < -0.39 is 5.92 Å². The van der Waals surface area contributed by atoms with E-state index in [9.17, 15) is 9.18 Å². The molecule has 1 atom stereocenters. The highest BCUT2D eigenvalue weighted by Gasteiger charge is 2.26. The summed E-state index contributed by atoms with van der Waals surface area (Å²) in [6.45, 7) is 0.311. The van der Waals surface area contributed by atoms with Gasteiger partial charge in [0.15, 0.2) is 6.39 Å². The lowest BCUT2D eigenvalue weighted by molar-refractivity contribution is -0.129. The van der Waals surface area contributed by atoms with Gasteiger partial charge in [-0.05, 0) is 6.07 Å². The Bertz CT molecular complexity index is 786. The van der Waals surface area contributed by atoms with Gasteiger partial charge in [-0.25, -0.2) is 9.37 Å². The SMILES string of the molecule is O=COCC(c1ccccc1F)c1ocnc1-c1ccccc1. The lowest BCUT2D eigenvalue weighted by Crippen LogP contribution is -2.11. The fraction of sp³-hybridized carbons (Fsp3) is 0.111. The Morgan fingerprint density at radius 1 is 1.13 bits per heavy atom. The van der Waals surface area contributed by atoms with Crippen molar-refractivity contribution >= 4 is 6.47 Å². The second kappa shape index (κ2) is 6.87. The Morgan fingerprint density at radius 3 is 2.61 bits per heavy atom. The molecule has 1 unspecified atom stereocenters. The molecule has 1 heterocycles. The van der Waals surface area contributed by atoms with Crippen LogP contribution in [-0.4, -0.2) is 18.1 Å². The van der Waals surface area contributed by atoms with Gasteiger partial charge in [0, 0.05) is 11.1 Å². The summed E-state index contributed by atoms with van der Waals surface area (Å²) in [4.78, 5) is 14.8. The minimum absolute atomic E-state index is 0.0283. The average Bonchev–Trinajstić information content (AvgIpc) is 3.07. The molecule has 0 aliphatic rings. The molecule has 0 saturated heterocycles. The molecule has 0 bridgehead atoms. The van der Waals surface area contributed by atoms with Crippen LogP contribution in [0.15, 0.2) is 65.4 Å². The third-order valence-electron chi connectivity index (χ3n) is 3.57. The zero-order valence-electron chi connectivity index (χ0n) is 12.2. The molecule has 0 amide bonds. The van der Waals surface area contributed by atoms with E-state index in [1.165, 1.54) is 12.5 Å². The van der Waals surface area contributed by atoms with E-state index in [0.29, 0.717) is 23.5 Å². The van der Waals surface area contributed by atoms with E-state index in [0.717, 1.165) is 5.56 Å². The topological polar surface area (TPSA) is 52.3 Å². The van der Waals surface area contributed by atoms with Gasteiger partial charge in [-0.1, -0.05) is 48.5 Å². The second-order valence-electron chi connectivity index (χ2n) is 4.93. The molecular formula is C18H14FNO3. The van der Waals surface area contributed by atoms with Crippen LogP contribution in [0.3, 0.4) is 0 Å². The molecule has 0 fully saturated rings. The fourth-order valence-electron chi connectivity index (χ4n) is 2.52. The molecule has 1 aromatic heterocycles. The first-order valence-electron chi connectivity index (χ1n) is 7.09. The van der Waals surface area contributed by atoms with Crippen molar-refractivity contribution in [3.8, 4) is 11.3 Å². The number of hydrogen-bond donors (Lipinski definition) is 0. The number of carbonyl (C=O) groups is 1. The number of hydrogen-bond acceptors (Lipinski definition) is 4. The minimum atomic E-state index is -0.570. The maximum Gasteiger partial charge on any atom is 0.293 e. The predicted octanol–water partition coefficient (Wildman–Crippen LogP) is 3.79. The lowest BCUT2D eigenvalue weighted by Gasteiger charge is -2.16. The number of halogens is 1. The van der Waals surface area contributed by atoms with E-state index in [1.54, 1.807) is 18.2 Å². The molecule has 3 rings (SSSR count). The maximum atomic E-state index is 14.2. The first kappa shape index (κ1) is 15.0. The molecule has 0 spiro atoms. The summed E-state index contributed by atoms with van der Waals surface area (Å²) in [5.41, 5.74) is 1.85. The van der Waals surface area contributed by atoms with Gasteiger partial charge in [0.25, 0.3) is 6.47 Å². The van der Waals surface area contributed by atoms with Crippen LogP contribution in [0.4, 0.5) is 4.39 Å². The highest BCUT2D eigenvalue weighted by molar-refractivity contribution is 5.62. The van der Waals surface area contributed by atoms with E-state index in [2.05, 4.69) is 4.98 Å². The molecule has 0 saturated carbocycles. The van der Waals surface area contributed by atoms with Gasteiger partial charge < -0.3 is 9.15 Å². The van der Waals surface area contributed by atoms with E-state index in [1.807, 2.05) is 30.3 Å². The van der Waals surface area contributed by atoms with Gasteiger partial charge in [0.05, 0.1) is 5.92 Å². The van der Waals surface area contributed by atoms with Crippen LogP contribution < -0.4 is 0 Å². The number of benzene rings is 2. The van der Waals surface area contributed by atoms with Crippen molar-refractivity contribution < 1.29 is 18.3 Å². The summed E-state index contributed by atoms with van der Waals surface area (Å²) in [6.07, 6.45) is 1.31. The fourth-order valence-corrected chi connectivity index (χ4v) is 2.52. The number of aromatic nitrogens is 1. The van der Waals surface area contributed by atoms with E-state index >= 15 is 0 Å². The first-order valence-corrected chi connectivity index (χ1v) is 7.09. The molecule has 0 aliphatic carbocycles. The average molecular weight is 311 g/mol. The maximum absolute atomic E-state index is 14.2. The van der Waals surface area contributed by atoms with Crippen molar-refractivity contribution in [1.29, 1.82) is 0 Å². The monoisotopic (exact) mass is 311 g/mol. The van der Waals surface area contributed by atoms with Crippen LogP contribution in [0, 0.1) is 5.82 Å². The molecule has 23 heavy (non-hydrogen) atoms. The Labute approximate surface area is 132 Å². The number of carbonyl (C=O) groups excluding carboxylic acids is 1. The van der Waals surface area contributed by atoms with Gasteiger partial charge >= 0.3 is 0 Å². The number of rotatable bonds is 6. The predicted molar refractivity (Wildman–Crippen MR) is 82.2 cm³/mol. The van der Waals surface area contributed by atoms with Crippen LogP contribution in [0.5, 0.6) is 0 Å². The van der Waals surface area contributed by atoms with Gasteiger partial charge in [-0.3, -0.25) is 4.79 Å². The highest BCUT2D eigenvalue weighted by Crippen LogP contribution is 2.33. The molecule has 0 aliphatic heterocycles. The van der Waals surface area contributed by atoms with Gasteiger partial charge in [-0.2, -0.15) is 0 Å². The van der Waals surface area contributed by atoms with Crippen molar-refractivity contribution in [3.63, 3.8) is 0 Å². The zero-order chi connectivity index (χ0) is 16.1. The molecule has 2 aromatic carbocycles. The first-order chi connectivity index (χ1) is 11.3. The van der Waals surface area contributed by atoms with Crippen molar-refractivity contribution in [1.82, 2.24) is 4.98 Å². The molecular weight excluding hydrogens is 297 g/mol. The summed E-state index contributed by atoms with van der Waals surface area (Å²) >= 11 is 0. The van der Waals surface area contributed by atoms with Gasteiger partial charge in [-0.15, -0.1) is 0 Å². The van der Waals surface area contributed by atoms with Crippen molar-refractivity contribution in [2.24, 2.45) is 0 Å². The molecule has 3 aromatic rings. The molecule has 5 heteroatoms. The van der Waals surface area contributed by atoms with Crippen LogP contribution in [-0.2, 0) is 9.53 Å². The van der Waals surface area contributed by atoms with Crippen LogP contribution in [0.25, 0.3) is 11.3 Å². The quantitative estimate of drug-likeness (QED) is 0.650. The number of ether oxygens (including phenoxy) is 1. The van der Waals surface area contributed by atoms with Gasteiger partial charge in [0.2, 0.25) is 0 Å². The molecule has 4 nitrogen and oxygen atoms in total. The standard InChI is InChI=1S/C18H14FNO3/c19-16-9-5-4-8-14(16)15(10-22-12-21)18-17(20-11-23-18)13-6-2-1-3-7-13/h1-9,11-12,15H,10H2. The van der Waals surface area contributed by atoms with E-state index in [-0.39, 0.29) is 12.4 Å². The summed E-state index contributed by atoms with van der Waals surface area (Å²) < 4.78 is 24.6. The molecule has 0 N–H and O–H groups in total. The molecule has 116 valence electrons. The largest absolute Gasteiger partial charge is 0.467 e. The Morgan fingerprint density at radius 2 is 1.87 bits per heavy atom. The van der Waals surface area contributed by atoms with Crippen LogP contribution in [0.1, 0.15) is 17.2 Å². The summed E-state index contributed by atoms with van der Waals surface area (Å²) in [7, 11) is 0. The number of nitrogens with zero attached hydrogens (tertiary/aromatic N) is 1. The second-order valence-corrected chi connectivity index (χ2v) is 4.93. The summed E-state index contributed by atoms with van der Waals surface area (Å²) in [6, 6.07) is 15.8. The zero-order valence-corrected chi connectivity index (χ0v) is 12.2. The van der Waals surface area contributed by atoms with Crippen molar-refractivity contribution in [3.05, 3.63) is 78.1 Å². The van der Waals surface area contributed by atoms with E-state index in [4.69, 9.17) is 9.15 Å². The normalized spacial score (nSPS) is 11.9. The summed E-state index contributed by atoms with van der Waals surface area (Å²) in [5.74, 6) is -0.496. The smallest absolute Gasteiger partial charge is 0.293 e. The summed E-state index contributed by atoms with van der Waals surface area (Å²) in [5, 5.41) is 0. The third kappa shape index (κ3) is 3.13. The molecule has 0 radical (unpaired) electrons. The highest BCUT2D eigenvalue weighted by atomic mass is 19.1. The van der Waals surface area contributed by atoms with Crippen molar-refractivity contribution in [2.45, 2.75) is 5.92 Å².